The highest BCUT2D eigenvalue weighted by molar-refractivity contribution is 5.88. The third kappa shape index (κ3) is 2.04. The van der Waals surface area contributed by atoms with E-state index in [2.05, 4.69) is 4.98 Å². The van der Waals surface area contributed by atoms with Crippen molar-refractivity contribution in [3.8, 4) is 11.4 Å². The fourth-order valence-corrected chi connectivity index (χ4v) is 1.65. The smallest absolute Gasteiger partial charge is 0.338 e. The molecule has 4 nitrogen and oxygen atoms in total. The van der Waals surface area contributed by atoms with E-state index in [0.717, 1.165) is 6.54 Å². The van der Waals surface area contributed by atoms with E-state index in [1.165, 1.54) is 12.1 Å². The number of carboxylic acid groups (broad SMARTS) is 1. The van der Waals surface area contributed by atoms with Gasteiger partial charge in [0.15, 0.2) is 0 Å². The largest absolute Gasteiger partial charge is 0.478 e. The topological polar surface area (TPSA) is 55.1 Å². The Morgan fingerprint density at radius 1 is 1.53 bits per heavy atom. The summed E-state index contributed by atoms with van der Waals surface area (Å²) in [5, 5.41) is 8.73. The van der Waals surface area contributed by atoms with Gasteiger partial charge >= 0.3 is 5.97 Å². The number of rotatable bonds is 3. The predicted octanol–water partition coefficient (Wildman–Crippen LogP) is 2.41. The lowest BCUT2D eigenvalue weighted by molar-refractivity contribution is 0.0692. The minimum atomic E-state index is -1.27. The molecule has 2 aromatic rings. The van der Waals surface area contributed by atoms with Crippen LogP contribution in [-0.4, -0.2) is 20.6 Å². The monoisotopic (exact) mass is 234 g/mol. The molecule has 0 aliphatic carbocycles. The molecular weight excluding hydrogens is 223 g/mol. The quantitative estimate of drug-likeness (QED) is 0.887. The lowest BCUT2D eigenvalue weighted by Crippen LogP contribution is -2.02. The Morgan fingerprint density at radius 3 is 2.88 bits per heavy atom. The van der Waals surface area contributed by atoms with Gasteiger partial charge in [-0.25, -0.2) is 14.2 Å². The summed E-state index contributed by atoms with van der Waals surface area (Å²) in [5.41, 5.74) is 0.239. The molecule has 0 amide bonds. The number of aromatic carboxylic acids is 1. The summed E-state index contributed by atoms with van der Waals surface area (Å²) < 4.78 is 15.4. The highest BCUT2D eigenvalue weighted by Gasteiger charge is 2.12. The third-order valence-electron chi connectivity index (χ3n) is 2.51. The van der Waals surface area contributed by atoms with Crippen molar-refractivity contribution >= 4 is 5.97 Å². The van der Waals surface area contributed by atoms with Crippen LogP contribution in [0.5, 0.6) is 0 Å². The molecule has 0 radical (unpaired) electrons. The first-order valence-corrected chi connectivity index (χ1v) is 5.18. The van der Waals surface area contributed by atoms with Gasteiger partial charge < -0.3 is 9.67 Å². The fourth-order valence-electron chi connectivity index (χ4n) is 1.65. The van der Waals surface area contributed by atoms with Crippen LogP contribution >= 0.6 is 0 Å². The molecule has 0 fully saturated rings. The lowest BCUT2D eigenvalue weighted by atomic mass is 10.1. The Morgan fingerprint density at radius 2 is 2.29 bits per heavy atom. The van der Waals surface area contributed by atoms with E-state index in [1.807, 2.05) is 11.5 Å². The SMILES string of the molecule is CCn1ccnc1-c1ccc(C(=O)O)c(F)c1. The highest BCUT2D eigenvalue weighted by atomic mass is 19.1. The van der Waals surface area contributed by atoms with Gasteiger partial charge in [0.05, 0.1) is 5.56 Å². The van der Waals surface area contributed by atoms with Crippen LogP contribution in [0.15, 0.2) is 30.6 Å². The van der Waals surface area contributed by atoms with Crippen molar-refractivity contribution in [2.45, 2.75) is 13.5 Å². The number of imidazole rings is 1. The second kappa shape index (κ2) is 4.37. The first-order chi connectivity index (χ1) is 8.13. The number of aromatic nitrogens is 2. The van der Waals surface area contributed by atoms with Crippen molar-refractivity contribution < 1.29 is 14.3 Å². The van der Waals surface area contributed by atoms with Crippen LogP contribution in [-0.2, 0) is 6.54 Å². The van der Waals surface area contributed by atoms with Gasteiger partial charge in [-0.15, -0.1) is 0 Å². The van der Waals surface area contributed by atoms with Crippen LogP contribution in [0.2, 0.25) is 0 Å². The van der Waals surface area contributed by atoms with Gasteiger partial charge in [-0.3, -0.25) is 0 Å². The molecule has 5 heteroatoms. The molecule has 1 aromatic heterocycles. The number of hydrogen-bond donors (Lipinski definition) is 1. The van der Waals surface area contributed by atoms with Crippen LogP contribution in [0.4, 0.5) is 4.39 Å². The molecule has 2 rings (SSSR count). The van der Waals surface area contributed by atoms with Gasteiger partial charge in [-0.1, -0.05) is 6.07 Å². The molecule has 0 spiro atoms. The van der Waals surface area contributed by atoms with Gasteiger partial charge in [-0.2, -0.15) is 0 Å². The van der Waals surface area contributed by atoms with Crippen molar-refractivity contribution in [2.24, 2.45) is 0 Å². The third-order valence-corrected chi connectivity index (χ3v) is 2.51. The summed E-state index contributed by atoms with van der Waals surface area (Å²) in [7, 11) is 0. The van der Waals surface area contributed by atoms with Crippen LogP contribution in [0, 0.1) is 5.82 Å². The maximum absolute atomic E-state index is 13.5. The van der Waals surface area contributed by atoms with Crippen LogP contribution in [0.3, 0.4) is 0 Å². The maximum Gasteiger partial charge on any atom is 0.338 e. The standard InChI is InChI=1S/C12H11FN2O2/c1-2-15-6-5-14-11(15)8-3-4-9(12(16)17)10(13)7-8/h3-7H,2H2,1H3,(H,16,17). The van der Waals surface area contributed by atoms with Gasteiger partial charge in [0.2, 0.25) is 0 Å². The summed E-state index contributed by atoms with van der Waals surface area (Å²) in [6, 6.07) is 4.00. The average Bonchev–Trinajstić information content (AvgIpc) is 2.76. The Hall–Kier alpha value is -2.17. The van der Waals surface area contributed by atoms with Gasteiger partial charge in [0.1, 0.15) is 11.6 Å². The second-order valence-corrected chi connectivity index (χ2v) is 3.54. The number of halogens is 1. The molecule has 0 saturated carbocycles. The van der Waals surface area contributed by atoms with Crippen molar-refractivity contribution in [3.05, 3.63) is 42.0 Å². The van der Waals surface area contributed by atoms with Crippen molar-refractivity contribution in [3.63, 3.8) is 0 Å². The maximum atomic E-state index is 13.5. The average molecular weight is 234 g/mol. The Labute approximate surface area is 97.3 Å². The molecule has 0 aliphatic heterocycles. The Kier molecular flexibility index (Phi) is 2.91. The van der Waals surface area contributed by atoms with Crippen LogP contribution in [0.1, 0.15) is 17.3 Å². The number of hydrogen-bond acceptors (Lipinski definition) is 2. The van der Waals surface area contributed by atoms with E-state index in [4.69, 9.17) is 5.11 Å². The number of benzene rings is 1. The number of aryl methyl sites for hydroxylation is 1. The molecule has 1 heterocycles. The molecule has 0 bridgehead atoms. The summed E-state index contributed by atoms with van der Waals surface area (Å²) in [6.07, 6.45) is 3.42. The van der Waals surface area contributed by atoms with Crippen molar-refractivity contribution in [1.29, 1.82) is 0 Å². The molecule has 0 saturated heterocycles. The zero-order valence-electron chi connectivity index (χ0n) is 9.22. The van der Waals surface area contributed by atoms with E-state index in [-0.39, 0.29) is 5.56 Å². The second-order valence-electron chi connectivity index (χ2n) is 3.54. The molecule has 17 heavy (non-hydrogen) atoms. The zero-order valence-corrected chi connectivity index (χ0v) is 9.22. The van der Waals surface area contributed by atoms with Crippen molar-refractivity contribution in [1.82, 2.24) is 9.55 Å². The molecule has 1 aromatic carbocycles. The minimum Gasteiger partial charge on any atom is -0.478 e. The van der Waals surface area contributed by atoms with Crippen LogP contribution < -0.4 is 0 Å². The van der Waals surface area contributed by atoms with Gasteiger partial charge in [0.25, 0.3) is 0 Å². The lowest BCUT2D eigenvalue weighted by Gasteiger charge is -2.05. The molecule has 0 atom stereocenters. The molecule has 0 aliphatic rings. The number of nitrogens with zero attached hydrogens (tertiary/aromatic N) is 2. The van der Waals surface area contributed by atoms with E-state index < -0.39 is 11.8 Å². The number of carboxylic acids is 1. The summed E-state index contributed by atoms with van der Waals surface area (Å²) in [5.74, 6) is -1.39. The summed E-state index contributed by atoms with van der Waals surface area (Å²) in [6.45, 7) is 2.67. The molecule has 0 unspecified atom stereocenters. The Balaban J connectivity index is 2.48. The van der Waals surface area contributed by atoms with E-state index in [0.29, 0.717) is 11.4 Å². The predicted molar refractivity (Wildman–Crippen MR) is 60.3 cm³/mol. The summed E-state index contributed by atoms with van der Waals surface area (Å²) in [4.78, 5) is 14.8. The molecular formula is C12H11FN2O2. The minimum absolute atomic E-state index is 0.330. The number of carbonyl (C=O) groups is 1. The first kappa shape index (κ1) is 11.3. The van der Waals surface area contributed by atoms with Gasteiger partial charge in [-0.05, 0) is 19.1 Å². The molecule has 1 N–H and O–H groups in total. The van der Waals surface area contributed by atoms with Gasteiger partial charge in [0, 0.05) is 24.5 Å². The summed E-state index contributed by atoms with van der Waals surface area (Å²) >= 11 is 0. The van der Waals surface area contributed by atoms with E-state index in [1.54, 1.807) is 18.5 Å². The van der Waals surface area contributed by atoms with Crippen molar-refractivity contribution in [2.75, 3.05) is 0 Å². The Bertz CT molecular complexity index is 563. The van der Waals surface area contributed by atoms with E-state index >= 15 is 0 Å². The van der Waals surface area contributed by atoms with Crippen LogP contribution in [0.25, 0.3) is 11.4 Å². The highest BCUT2D eigenvalue weighted by Crippen LogP contribution is 2.20. The normalized spacial score (nSPS) is 10.5. The first-order valence-electron chi connectivity index (χ1n) is 5.18. The molecule has 88 valence electrons. The fraction of sp³-hybridized carbons (Fsp3) is 0.167. The van der Waals surface area contributed by atoms with E-state index in [9.17, 15) is 9.18 Å². The zero-order chi connectivity index (χ0) is 12.4.